The van der Waals surface area contributed by atoms with Crippen LogP contribution in [-0.2, 0) is 16.0 Å². The van der Waals surface area contributed by atoms with E-state index in [-0.39, 0.29) is 6.42 Å². The first kappa shape index (κ1) is 18.0. The van der Waals surface area contributed by atoms with Crippen LogP contribution < -0.4 is 5.73 Å². The van der Waals surface area contributed by atoms with Gasteiger partial charge in [-0.05, 0) is 39.2 Å². The quantitative estimate of drug-likeness (QED) is 0.842. The van der Waals surface area contributed by atoms with Gasteiger partial charge in [0.15, 0.2) is 0 Å². The molecule has 0 fully saturated rings. The van der Waals surface area contributed by atoms with E-state index in [0.29, 0.717) is 13.1 Å². The first-order chi connectivity index (χ1) is 10.3. The summed E-state index contributed by atoms with van der Waals surface area (Å²) in [6, 6.07) is 10.1. The minimum atomic E-state index is -0.554. The second kappa shape index (κ2) is 8.41. The molecule has 0 aliphatic heterocycles. The van der Waals surface area contributed by atoms with E-state index in [1.54, 1.807) is 4.90 Å². The molecule has 0 spiro atoms. The molecule has 0 saturated carbocycles. The number of amides is 2. The first-order valence-corrected chi connectivity index (χ1v) is 7.58. The number of hydrogen-bond donors (Lipinski definition) is 1. The molecule has 5 nitrogen and oxygen atoms in total. The van der Waals surface area contributed by atoms with Crippen LogP contribution in [-0.4, -0.2) is 35.6 Å². The predicted molar refractivity (Wildman–Crippen MR) is 86.4 cm³/mol. The van der Waals surface area contributed by atoms with E-state index >= 15 is 0 Å². The lowest BCUT2D eigenvalue weighted by molar-refractivity contribution is -0.118. The van der Waals surface area contributed by atoms with Crippen molar-refractivity contribution in [1.82, 2.24) is 4.90 Å². The Kier molecular flexibility index (Phi) is 6.89. The fraction of sp³-hybridized carbons (Fsp3) is 0.529. The molecule has 2 amide bonds. The Bertz CT molecular complexity index is 480. The van der Waals surface area contributed by atoms with Crippen molar-refractivity contribution in [2.45, 2.75) is 45.6 Å². The lowest BCUT2D eigenvalue weighted by atomic mass is 10.1. The van der Waals surface area contributed by atoms with E-state index in [2.05, 4.69) is 12.1 Å². The monoisotopic (exact) mass is 306 g/mol. The van der Waals surface area contributed by atoms with Crippen molar-refractivity contribution >= 4 is 12.0 Å². The number of nitrogens with zero attached hydrogens (tertiary/aromatic N) is 1. The Morgan fingerprint density at radius 3 is 2.32 bits per heavy atom. The maximum Gasteiger partial charge on any atom is 0.410 e. The van der Waals surface area contributed by atoms with Gasteiger partial charge in [0.05, 0.1) is 0 Å². The van der Waals surface area contributed by atoms with E-state index in [4.69, 9.17) is 10.5 Å². The van der Waals surface area contributed by atoms with Crippen LogP contribution in [0.3, 0.4) is 0 Å². The number of aryl methyl sites for hydroxylation is 1. The number of carbonyl (C=O) groups is 2. The van der Waals surface area contributed by atoms with Crippen LogP contribution in [0, 0.1) is 0 Å². The number of carbonyl (C=O) groups excluding carboxylic acids is 2. The maximum atomic E-state index is 12.2. The Labute approximate surface area is 132 Å². The van der Waals surface area contributed by atoms with Crippen molar-refractivity contribution in [2.75, 3.05) is 13.1 Å². The summed E-state index contributed by atoms with van der Waals surface area (Å²) < 4.78 is 5.37. The zero-order valence-corrected chi connectivity index (χ0v) is 13.7. The lowest BCUT2D eigenvalue weighted by Gasteiger charge is -2.27. The number of ether oxygens (including phenoxy) is 1. The van der Waals surface area contributed by atoms with Crippen LogP contribution in [0.15, 0.2) is 30.3 Å². The highest BCUT2D eigenvalue weighted by atomic mass is 16.6. The van der Waals surface area contributed by atoms with Crippen LogP contribution in [0.4, 0.5) is 4.79 Å². The third-order valence-corrected chi connectivity index (χ3v) is 3.02. The van der Waals surface area contributed by atoms with E-state index in [1.165, 1.54) is 5.56 Å². The number of primary amides is 1. The minimum absolute atomic E-state index is 0.143. The molecule has 0 unspecified atom stereocenters. The Morgan fingerprint density at radius 2 is 1.77 bits per heavy atom. The molecule has 22 heavy (non-hydrogen) atoms. The number of benzene rings is 1. The van der Waals surface area contributed by atoms with Crippen LogP contribution in [0.1, 0.15) is 39.2 Å². The summed E-state index contributed by atoms with van der Waals surface area (Å²) in [5.74, 6) is -0.420. The molecule has 0 saturated heterocycles. The highest BCUT2D eigenvalue weighted by Gasteiger charge is 2.22. The molecule has 1 aromatic carbocycles. The standard InChI is InChI=1S/C17H26N2O3/c1-17(2,3)22-16(21)19(13-11-15(18)20)12-7-10-14-8-5-4-6-9-14/h4-6,8-9H,7,10-13H2,1-3H3,(H2,18,20). The van der Waals surface area contributed by atoms with Crippen LogP contribution in [0.2, 0.25) is 0 Å². The Hall–Kier alpha value is -2.04. The van der Waals surface area contributed by atoms with Gasteiger partial charge in [-0.15, -0.1) is 0 Å². The highest BCUT2D eigenvalue weighted by Crippen LogP contribution is 2.11. The van der Waals surface area contributed by atoms with Gasteiger partial charge in [-0.1, -0.05) is 30.3 Å². The van der Waals surface area contributed by atoms with Crippen molar-refractivity contribution in [3.8, 4) is 0 Å². The summed E-state index contributed by atoms with van der Waals surface area (Å²) in [6.07, 6.45) is 1.42. The molecular formula is C17H26N2O3. The average Bonchev–Trinajstić information content (AvgIpc) is 2.41. The summed E-state index contributed by atoms with van der Waals surface area (Å²) >= 11 is 0. The second-order valence-corrected chi connectivity index (χ2v) is 6.27. The van der Waals surface area contributed by atoms with Gasteiger partial charge in [-0.3, -0.25) is 4.79 Å². The molecule has 1 aromatic rings. The summed E-state index contributed by atoms with van der Waals surface area (Å²) in [4.78, 5) is 24.7. The van der Waals surface area contributed by atoms with E-state index in [1.807, 2.05) is 39.0 Å². The molecule has 0 aliphatic carbocycles. The van der Waals surface area contributed by atoms with Crippen molar-refractivity contribution in [1.29, 1.82) is 0 Å². The molecule has 0 bridgehead atoms. The summed E-state index contributed by atoms with van der Waals surface area (Å²) in [6.45, 7) is 6.29. The zero-order valence-electron chi connectivity index (χ0n) is 13.7. The molecular weight excluding hydrogens is 280 g/mol. The topological polar surface area (TPSA) is 72.6 Å². The van der Waals surface area contributed by atoms with Gasteiger partial charge in [0.2, 0.25) is 5.91 Å². The van der Waals surface area contributed by atoms with Crippen LogP contribution in [0.5, 0.6) is 0 Å². The molecule has 0 radical (unpaired) electrons. The van der Waals surface area contributed by atoms with E-state index in [0.717, 1.165) is 12.8 Å². The molecule has 0 heterocycles. The van der Waals surface area contributed by atoms with Crippen molar-refractivity contribution in [3.05, 3.63) is 35.9 Å². The van der Waals surface area contributed by atoms with E-state index in [9.17, 15) is 9.59 Å². The normalized spacial score (nSPS) is 11.0. The van der Waals surface area contributed by atoms with Gasteiger partial charge < -0.3 is 15.4 Å². The number of rotatable bonds is 7. The Balaban J connectivity index is 2.53. The van der Waals surface area contributed by atoms with Crippen molar-refractivity contribution < 1.29 is 14.3 Å². The SMILES string of the molecule is CC(C)(C)OC(=O)N(CCCc1ccccc1)CCC(N)=O. The average molecular weight is 306 g/mol. The van der Waals surface area contributed by atoms with Crippen molar-refractivity contribution in [3.63, 3.8) is 0 Å². The molecule has 5 heteroatoms. The largest absolute Gasteiger partial charge is 0.444 e. The van der Waals surface area contributed by atoms with Gasteiger partial charge in [0, 0.05) is 19.5 Å². The molecule has 1 rings (SSSR count). The molecule has 122 valence electrons. The van der Waals surface area contributed by atoms with Gasteiger partial charge in [0.1, 0.15) is 5.60 Å². The van der Waals surface area contributed by atoms with E-state index < -0.39 is 17.6 Å². The summed E-state index contributed by atoms with van der Waals surface area (Å²) in [5.41, 5.74) is 5.84. The van der Waals surface area contributed by atoms with Crippen LogP contribution >= 0.6 is 0 Å². The van der Waals surface area contributed by atoms with Gasteiger partial charge in [0.25, 0.3) is 0 Å². The van der Waals surface area contributed by atoms with Crippen molar-refractivity contribution in [2.24, 2.45) is 5.73 Å². The zero-order chi connectivity index (χ0) is 16.6. The number of nitrogens with two attached hydrogens (primary N) is 1. The molecule has 0 aromatic heterocycles. The maximum absolute atomic E-state index is 12.2. The van der Waals surface area contributed by atoms with Gasteiger partial charge in [-0.2, -0.15) is 0 Å². The fourth-order valence-electron chi connectivity index (χ4n) is 1.98. The van der Waals surface area contributed by atoms with Crippen LogP contribution in [0.25, 0.3) is 0 Å². The minimum Gasteiger partial charge on any atom is -0.444 e. The summed E-state index contributed by atoms with van der Waals surface area (Å²) in [7, 11) is 0. The summed E-state index contributed by atoms with van der Waals surface area (Å²) in [5, 5.41) is 0. The highest BCUT2D eigenvalue weighted by molar-refractivity contribution is 5.75. The Morgan fingerprint density at radius 1 is 1.14 bits per heavy atom. The predicted octanol–water partition coefficient (Wildman–Crippen LogP) is 2.73. The first-order valence-electron chi connectivity index (χ1n) is 7.58. The second-order valence-electron chi connectivity index (χ2n) is 6.27. The van der Waals surface area contributed by atoms with Gasteiger partial charge in [-0.25, -0.2) is 4.79 Å². The third kappa shape index (κ3) is 7.67. The molecule has 0 atom stereocenters. The smallest absolute Gasteiger partial charge is 0.410 e. The third-order valence-electron chi connectivity index (χ3n) is 3.02. The van der Waals surface area contributed by atoms with Gasteiger partial charge >= 0.3 is 6.09 Å². The fourth-order valence-corrected chi connectivity index (χ4v) is 1.98. The lowest BCUT2D eigenvalue weighted by Crippen LogP contribution is -2.39. The molecule has 2 N–H and O–H groups in total. The molecule has 0 aliphatic rings. The number of hydrogen-bond acceptors (Lipinski definition) is 3.